The third kappa shape index (κ3) is 3.14. The summed E-state index contributed by atoms with van der Waals surface area (Å²) in [5.41, 5.74) is -1.71. The highest BCUT2D eigenvalue weighted by molar-refractivity contribution is 5.85. The van der Waals surface area contributed by atoms with E-state index in [1.165, 1.54) is 23.1 Å². The summed E-state index contributed by atoms with van der Waals surface area (Å²) in [5.74, 6) is -1.80. The van der Waals surface area contributed by atoms with Crippen LogP contribution in [-0.2, 0) is 20.7 Å². The van der Waals surface area contributed by atoms with Crippen LogP contribution < -0.4 is 0 Å². The van der Waals surface area contributed by atoms with Crippen molar-refractivity contribution in [3.05, 3.63) is 35.6 Å². The molecule has 25 heavy (non-hydrogen) atoms. The number of hydrogen-bond donors (Lipinski definition) is 2. The molecule has 1 aromatic rings. The van der Waals surface area contributed by atoms with E-state index < -0.39 is 28.7 Å². The van der Waals surface area contributed by atoms with Crippen molar-refractivity contribution >= 4 is 11.9 Å². The van der Waals surface area contributed by atoms with E-state index in [1.54, 1.807) is 13.0 Å². The number of carbonyl (C=O) groups is 2. The minimum absolute atomic E-state index is 0.0434. The lowest BCUT2D eigenvalue weighted by Crippen LogP contribution is -2.62. The second-order valence-electron chi connectivity index (χ2n) is 7.35. The van der Waals surface area contributed by atoms with Crippen LogP contribution in [0.5, 0.6) is 0 Å². The van der Waals surface area contributed by atoms with Crippen molar-refractivity contribution in [2.75, 3.05) is 26.3 Å². The van der Waals surface area contributed by atoms with Gasteiger partial charge in [0.05, 0.1) is 24.7 Å². The molecule has 0 aromatic heterocycles. The van der Waals surface area contributed by atoms with Gasteiger partial charge in [0.1, 0.15) is 11.2 Å². The van der Waals surface area contributed by atoms with E-state index in [9.17, 15) is 24.2 Å². The first-order valence-electron chi connectivity index (χ1n) is 8.30. The van der Waals surface area contributed by atoms with E-state index in [1.807, 2.05) is 0 Å². The first-order valence-corrected chi connectivity index (χ1v) is 8.30. The fourth-order valence-corrected chi connectivity index (χ4v) is 3.64. The van der Waals surface area contributed by atoms with Crippen LogP contribution in [0.4, 0.5) is 4.39 Å². The number of aliphatic carboxylic acids is 1. The number of hydrogen-bond acceptors (Lipinski definition) is 4. The molecule has 0 bridgehead atoms. The van der Waals surface area contributed by atoms with E-state index in [0.29, 0.717) is 25.3 Å². The summed E-state index contributed by atoms with van der Waals surface area (Å²) in [6.07, 6.45) is -0.981. The van der Waals surface area contributed by atoms with Gasteiger partial charge in [0.2, 0.25) is 5.91 Å². The second-order valence-corrected chi connectivity index (χ2v) is 7.35. The van der Waals surface area contributed by atoms with Gasteiger partial charge in [0.25, 0.3) is 0 Å². The summed E-state index contributed by atoms with van der Waals surface area (Å²) in [7, 11) is 0. The Bertz CT molecular complexity index is 690. The number of aliphatic hydroxyl groups excluding tert-OH is 1. The number of carboxylic acids is 1. The van der Waals surface area contributed by atoms with Crippen molar-refractivity contribution in [3.8, 4) is 0 Å². The van der Waals surface area contributed by atoms with Gasteiger partial charge in [-0.3, -0.25) is 9.59 Å². The van der Waals surface area contributed by atoms with Crippen LogP contribution in [0.2, 0.25) is 0 Å². The smallest absolute Gasteiger partial charge is 0.314 e. The van der Waals surface area contributed by atoms with Crippen molar-refractivity contribution in [2.45, 2.75) is 25.9 Å². The fraction of sp³-hybridized carbons (Fsp3) is 0.556. The molecular formula is C18H22FNO5. The van der Waals surface area contributed by atoms with E-state index in [2.05, 4.69) is 0 Å². The van der Waals surface area contributed by atoms with Crippen LogP contribution in [0.3, 0.4) is 0 Å². The number of benzene rings is 1. The summed E-state index contributed by atoms with van der Waals surface area (Å²) >= 11 is 0. The van der Waals surface area contributed by atoms with Crippen LogP contribution in [-0.4, -0.2) is 59.4 Å². The van der Waals surface area contributed by atoms with Crippen molar-refractivity contribution in [1.29, 1.82) is 0 Å². The third-order valence-electron chi connectivity index (χ3n) is 5.26. The molecular weight excluding hydrogens is 329 g/mol. The van der Waals surface area contributed by atoms with Gasteiger partial charge in [-0.15, -0.1) is 0 Å². The van der Waals surface area contributed by atoms with Crippen molar-refractivity contribution < 1.29 is 28.9 Å². The summed E-state index contributed by atoms with van der Waals surface area (Å²) in [6.45, 7) is 2.62. The zero-order valence-electron chi connectivity index (χ0n) is 14.1. The lowest BCUT2D eigenvalue weighted by molar-refractivity contribution is -0.180. The van der Waals surface area contributed by atoms with E-state index >= 15 is 0 Å². The monoisotopic (exact) mass is 351 g/mol. The van der Waals surface area contributed by atoms with Crippen molar-refractivity contribution in [2.24, 2.45) is 10.8 Å². The average molecular weight is 351 g/mol. The number of piperidine rings is 1. The number of halogens is 1. The molecule has 2 heterocycles. The molecule has 0 radical (unpaired) electrons. The highest BCUT2D eigenvalue weighted by Crippen LogP contribution is 2.38. The number of aliphatic hydroxyl groups is 1. The molecule has 2 saturated heterocycles. The van der Waals surface area contributed by atoms with Gasteiger partial charge in [0, 0.05) is 13.1 Å². The lowest BCUT2D eigenvalue weighted by atomic mass is 9.72. The molecule has 0 saturated carbocycles. The topological polar surface area (TPSA) is 87.1 Å². The van der Waals surface area contributed by atoms with Crippen LogP contribution in [0.15, 0.2) is 24.3 Å². The predicted octanol–water partition coefficient (Wildman–Crippen LogP) is 1.07. The molecule has 0 unspecified atom stereocenters. The Balaban J connectivity index is 1.87. The van der Waals surface area contributed by atoms with Gasteiger partial charge in [-0.05, 0) is 37.5 Å². The zero-order chi connectivity index (χ0) is 18.2. The Morgan fingerprint density at radius 1 is 1.40 bits per heavy atom. The van der Waals surface area contributed by atoms with Gasteiger partial charge in [0.15, 0.2) is 0 Å². The highest BCUT2D eigenvalue weighted by Gasteiger charge is 2.53. The summed E-state index contributed by atoms with van der Waals surface area (Å²) in [4.78, 5) is 26.3. The molecule has 136 valence electrons. The molecule has 2 aliphatic rings. The first-order chi connectivity index (χ1) is 11.8. The molecule has 6 nitrogen and oxygen atoms in total. The number of nitrogens with zero attached hydrogens (tertiary/aromatic N) is 1. The number of carboxylic acid groups (broad SMARTS) is 1. The Kier molecular flexibility index (Phi) is 4.55. The fourth-order valence-electron chi connectivity index (χ4n) is 3.64. The Hall–Kier alpha value is -1.99. The summed E-state index contributed by atoms with van der Waals surface area (Å²) < 4.78 is 18.6. The molecule has 2 aliphatic heterocycles. The van der Waals surface area contributed by atoms with Crippen LogP contribution in [0.25, 0.3) is 0 Å². The number of ether oxygens (including phenoxy) is 1. The maximum Gasteiger partial charge on any atom is 0.314 e. The van der Waals surface area contributed by atoms with E-state index in [0.717, 1.165) is 0 Å². The molecule has 0 aliphatic carbocycles. The number of rotatable bonds is 4. The summed E-state index contributed by atoms with van der Waals surface area (Å²) in [6, 6.07) is 5.67. The molecule has 2 atom stereocenters. The zero-order valence-corrected chi connectivity index (χ0v) is 14.1. The normalized spacial score (nSPS) is 28.3. The van der Waals surface area contributed by atoms with Gasteiger partial charge < -0.3 is 19.8 Å². The standard InChI is InChI=1S/C18H22FNO5/c1-17(10-25-11-17)15(22)20-6-5-14(21)18(9-20,16(23)24)8-12-3-2-4-13(19)7-12/h2-4,7,14,21H,5-6,8-11H2,1H3,(H,23,24)/t14-,18-/m1/s1. The number of likely N-dealkylation sites (tertiary alicyclic amines) is 1. The molecule has 2 N–H and O–H groups in total. The Morgan fingerprint density at radius 3 is 2.68 bits per heavy atom. The van der Waals surface area contributed by atoms with Crippen molar-refractivity contribution in [1.82, 2.24) is 4.90 Å². The third-order valence-corrected chi connectivity index (χ3v) is 5.26. The van der Waals surface area contributed by atoms with Crippen molar-refractivity contribution in [3.63, 3.8) is 0 Å². The molecule has 2 fully saturated rings. The first kappa shape index (κ1) is 17.8. The molecule has 7 heteroatoms. The summed E-state index contributed by atoms with van der Waals surface area (Å²) in [5, 5.41) is 20.3. The predicted molar refractivity (Wildman–Crippen MR) is 86.3 cm³/mol. The molecule has 1 aromatic carbocycles. The van der Waals surface area contributed by atoms with Crippen LogP contribution >= 0.6 is 0 Å². The molecule has 3 rings (SSSR count). The molecule has 0 spiro atoms. The molecule has 1 amide bonds. The van der Waals surface area contributed by atoms with E-state index in [-0.39, 0.29) is 25.3 Å². The Morgan fingerprint density at radius 2 is 2.12 bits per heavy atom. The van der Waals surface area contributed by atoms with Gasteiger partial charge in [-0.1, -0.05) is 12.1 Å². The van der Waals surface area contributed by atoms with E-state index in [4.69, 9.17) is 4.74 Å². The van der Waals surface area contributed by atoms with Crippen LogP contribution in [0, 0.1) is 16.6 Å². The minimum atomic E-state index is -1.55. The number of carbonyl (C=O) groups excluding carboxylic acids is 1. The lowest BCUT2D eigenvalue weighted by Gasteiger charge is -2.47. The maximum atomic E-state index is 13.5. The highest BCUT2D eigenvalue weighted by atomic mass is 19.1. The average Bonchev–Trinajstić information content (AvgIpc) is 2.54. The van der Waals surface area contributed by atoms with Gasteiger partial charge >= 0.3 is 5.97 Å². The Labute approximate surface area is 145 Å². The van der Waals surface area contributed by atoms with Gasteiger partial charge in [-0.25, -0.2) is 4.39 Å². The maximum absolute atomic E-state index is 13.5. The minimum Gasteiger partial charge on any atom is -0.481 e. The van der Waals surface area contributed by atoms with Crippen LogP contribution in [0.1, 0.15) is 18.9 Å². The number of amides is 1. The van der Waals surface area contributed by atoms with Gasteiger partial charge in [-0.2, -0.15) is 0 Å². The SMILES string of the molecule is CC1(C(=O)N2CC[C@@H](O)[C@](Cc3cccc(F)c3)(C(=O)O)C2)COC1. The quantitative estimate of drug-likeness (QED) is 0.847. The second kappa shape index (κ2) is 6.38. The largest absolute Gasteiger partial charge is 0.481 e.